The number of piperazine rings is 1. The minimum absolute atomic E-state index is 0.0248. The lowest BCUT2D eigenvalue weighted by molar-refractivity contribution is -0.143. The van der Waals surface area contributed by atoms with E-state index in [9.17, 15) is 9.59 Å². The average Bonchev–Trinajstić information content (AvgIpc) is 3.15. The van der Waals surface area contributed by atoms with Crippen molar-refractivity contribution in [1.29, 1.82) is 0 Å². The lowest BCUT2D eigenvalue weighted by Crippen LogP contribution is -2.53. The third-order valence-corrected chi connectivity index (χ3v) is 5.03. The van der Waals surface area contributed by atoms with Crippen LogP contribution in [0.2, 0.25) is 0 Å². The van der Waals surface area contributed by atoms with Crippen LogP contribution in [0.5, 0.6) is 0 Å². The van der Waals surface area contributed by atoms with E-state index in [1.807, 2.05) is 17.0 Å². The molecule has 0 spiro atoms. The molecule has 2 fully saturated rings. The summed E-state index contributed by atoms with van der Waals surface area (Å²) in [7, 11) is 1.52. The van der Waals surface area contributed by atoms with E-state index in [4.69, 9.17) is 9.15 Å². The summed E-state index contributed by atoms with van der Waals surface area (Å²) in [5, 5.41) is 0. The Morgan fingerprint density at radius 3 is 2.68 bits per heavy atom. The van der Waals surface area contributed by atoms with Crippen LogP contribution in [0.1, 0.15) is 18.6 Å². The van der Waals surface area contributed by atoms with E-state index in [2.05, 4.69) is 4.90 Å². The van der Waals surface area contributed by atoms with Gasteiger partial charge in [0.05, 0.1) is 18.7 Å². The van der Waals surface area contributed by atoms with Gasteiger partial charge < -0.3 is 19.0 Å². The van der Waals surface area contributed by atoms with E-state index in [-0.39, 0.29) is 24.3 Å². The standard InChI is InChI=1S/C18H27N3O4/c1-24-14-17(22)21-6-2-4-15(12-21)18(23)20-9-7-19(8-10-20)13-16-5-3-11-25-16/h3,5,11,15H,2,4,6-10,12-14H2,1H3/t15-/m0/s1. The Morgan fingerprint density at radius 1 is 1.20 bits per heavy atom. The van der Waals surface area contributed by atoms with Gasteiger partial charge in [0.2, 0.25) is 11.8 Å². The van der Waals surface area contributed by atoms with Gasteiger partial charge in [-0.25, -0.2) is 0 Å². The number of hydrogen-bond donors (Lipinski definition) is 0. The molecule has 2 amide bonds. The highest BCUT2D eigenvalue weighted by atomic mass is 16.5. The van der Waals surface area contributed by atoms with Gasteiger partial charge in [-0.2, -0.15) is 0 Å². The third kappa shape index (κ3) is 4.61. The Kier molecular flexibility index (Phi) is 6.09. The zero-order valence-corrected chi connectivity index (χ0v) is 14.9. The van der Waals surface area contributed by atoms with Crippen LogP contribution in [0.3, 0.4) is 0 Å². The molecule has 0 N–H and O–H groups in total. The molecule has 0 unspecified atom stereocenters. The SMILES string of the molecule is COCC(=O)N1CCC[C@H](C(=O)N2CCN(Cc3ccco3)CC2)C1. The molecule has 7 nitrogen and oxygen atoms in total. The summed E-state index contributed by atoms with van der Waals surface area (Å²) in [6.45, 7) is 5.31. The first-order valence-corrected chi connectivity index (χ1v) is 8.97. The van der Waals surface area contributed by atoms with Crippen molar-refractivity contribution in [3.8, 4) is 0 Å². The smallest absolute Gasteiger partial charge is 0.248 e. The minimum Gasteiger partial charge on any atom is -0.468 e. The monoisotopic (exact) mass is 349 g/mol. The summed E-state index contributed by atoms with van der Waals surface area (Å²) >= 11 is 0. The molecule has 1 aromatic rings. The predicted octanol–water partition coefficient (Wildman–Crippen LogP) is 0.809. The number of piperidine rings is 1. The van der Waals surface area contributed by atoms with Crippen molar-refractivity contribution >= 4 is 11.8 Å². The number of furan rings is 1. The van der Waals surface area contributed by atoms with Crippen molar-refractivity contribution < 1.29 is 18.7 Å². The minimum atomic E-state index is -0.0776. The highest BCUT2D eigenvalue weighted by molar-refractivity contribution is 5.82. The van der Waals surface area contributed by atoms with Gasteiger partial charge >= 0.3 is 0 Å². The van der Waals surface area contributed by atoms with Crippen molar-refractivity contribution in [2.45, 2.75) is 19.4 Å². The number of carbonyl (C=O) groups excluding carboxylic acids is 2. The number of amides is 2. The van der Waals surface area contributed by atoms with E-state index >= 15 is 0 Å². The zero-order chi connectivity index (χ0) is 17.6. The van der Waals surface area contributed by atoms with Crippen molar-refractivity contribution in [3.63, 3.8) is 0 Å². The molecular formula is C18H27N3O4. The van der Waals surface area contributed by atoms with Crippen LogP contribution in [-0.2, 0) is 20.9 Å². The van der Waals surface area contributed by atoms with Gasteiger partial charge in [-0.1, -0.05) is 0 Å². The van der Waals surface area contributed by atoms with Gasteiger partial charge in [0.15, 0.2) is 0 Å². The third-order valence-electron chi connectivity index (χ3n) is 5.03. The fourth-order valence-corrected chi connectivity index (χ4v) is 3.63. The normalized spacial score (nSPS) is 22.2. The Labute approximate surface area is 148 Å². The second-order valence-corrected chi connectivity index (χ2v) is 6.79. The molecule has 0 aliphatic carbocycles. The number of rotatable bonds is 5. The van der Waals surface area contributed by atoms with Crippen LogP contribution in [0.15, 0.2) is 22.8 Å². The first-order valence-electron chi connectivity index (χ1n) is 8.97. The molecule has 0 radical (unpaired) electrons. The molecule has 0 aromatic carbocycles. The molecule has 2 aliphatic rings. The molecule has 3 heterocycles. The first-order chi connectivity index (χ1) is 12.2. The van der Waals surface area contributed by atoms with Crippen LogP contribution in [0.4, 0.5) is 0 Å². The van der Waals surface area contributed by atoms with Crippen LogP contribution in [-0.4, -0.2) is 79.5 Å². The number of hydrogen-bond acceptors (Lipinski definition) is 5. The number of carbonyl (C=O) groups is 2. The van der Waals surface area contributed by atoms with Gasteiger partial charge in [0, 0.05) is 46.4 Å². The molecule has 2 aliphatic heterocycles. The molecule has 7 heteroatoms. The van der Waals surface area contributed by atoms with Crippen LogP contribution in [0, 0.1) is 5.92 Å². The summed E-state index contributed by atoms with van der Waals surface area (Å²) in [6, 6.07) is 3.87. The average molecular weight is 349 g/mol. The van der Waals surface area contributed by atoms with Gasteiger partial charge in [-0.15, -0.1) is 0 Å². The molecule has 3 rings (SSSR count). The summed E-state index contributed by atoms with van der Waals surface area (Å²) in [6.07, 6.45) is 3.43. The number of ether oxygens (including phenoxy) is 1. The van der Waals surface area contributed by atoms with E-state index in [0.29, 0.717) is 6.54 Å². The summed E-state index contributed by atoms with van der Waals surface area (Å²) < 4.78 is 10.3. The first kappa shape index (κ1) is 17.9. The van der Waals surface area contributed by atoms with Gasteiger partial charge in [0.1, 0.15) is 12.4 Å². The van der Waals surface area contributed by atoms with Crippen molar-refractivity contribution in [1.82, 2.24) is 14.7 Å². The maximum absolute atomic E-state index is 12.8. The molecule has 0 bridgehead atoms. The summed E-state index contributed by atoms with van der Waals surface area (Å²) in [5.74, 6) is 1.04. The predicted molar refractivity (Wildman–Crippen MR) is 91.7 cm³/mol. The van der Waals surface area contributed by atoms with Gasteiger partial charge in [0.25, 0.3) is 0 Å². The Bertz CT molecular complexity index is 567. The van der Waals surface area contributed by atoms with Crippen molar-refractivity contribution in [2.24, 2.45) is 5.92 Å². The fraction of sp³-hybridized carbons (Fsp3) is 0.667. The van der Waals surface area contributed by atoms with Crippen LogP contribution in [0.25, 0.3) is 0 Å². The Morgan fingerprint density at radius 2 is 2.00 bits per heavy atom. The fourth-order valence-electron chi connectivity index (χ4n) is 3.63. The lowest BCUT2D eigenvalue weighted by atomic mass is 9.96. The Balaban J connectivity index is 1.47. The number of methoxy groups -OCH3 is 1. The Hall–Kier alpha value is -1.86. The molecule has 0 saturated carbocycles. The molecule has 2 saturated heterocycles. The summed E-state index contributed by atoms with van der Waals surface area (Å²) in [5.41, 5.74) is 0. The second kappa shape index (κ2) is 8.49. The van der Waals surface area contributed by atoms with Crippen LogP contribution >= 0.6 is 0 Å². The molecule has 1 aromatic heterocycles. The summed E-state index contributed by atoms with van der Waals surface area (Å²) in [4.78, 5) is 30.8. The van der Waals surface area contributed by atoms with E-state index in [0.717, 1.165) is 57.9 Å². The topological polar surface area (TPSA) is 66.2 Å². The highest BCUT2D eigenvalue weighted by Gasteiger charge is 2.32. The zero-order valence-electron chi connectivity index (χ0n) is 14.9. The van der Waals surface area contributed by atoms with Crippen molar-refractivity contribution in [2.75, 3.05) is 53.0 Å². The van der Waals surface area contributed by atoms with Crippen LogP contribution < -0.4 is 0 Å². The quantitative estimate of drug-likeness (QED) is 0.787. The maximum Gasteiger partial charge on any atom is 0.248 e. The highest BCUT2D eigenvalue weighted by Crippen LogP contribution is 2.20. The molecule has 25 heavy (non-hydrogen) atoms. The van der Waals surface area contributed by atoms with E-state index in [1.165, 1.54) is 7.11 Å². The van der Waals surface area contributed by atoms with Gasteiger partial charge in [-0.05, 0) is 25.0 Å². The van der Waals surface area contributed by atoms with Crippen molar-refractivity contribution in [3.05, 3.63) is 24.2 Å². The number of nitrogens with zero attached hydrogens (tertiary/aromatic N) is 3. The molecule has 138 valence electrons. The van der Waals surface area contributed by atoms with E-state index in [1.54, 1.807) is 11.2 Å². The molecular weight excluding hydrogens is 322 g/mol. The lowest BCUT2D eigenvalue weighted by Gasteiger charge is -2.38. The largest absolute Gasteiger partial charge is 0.468 e. The number of likely N-dealkylation sites (tertiary alicyclic amines) is 1. The van der Waals surface area contributed by atoms with Gasteiger partial charge in [-0.3, -0.25) is 14.5 Å². The molecule has 1 atom stereocenters. The van der Waals surface area contributed by atoms with E-state index < -0.39 is 0 Å². The second-order valence-electron chi connectivity index (χ2n) is 6.79. The maximum atomic E-state index is 12.8.